The van der Waals surface area contributed by atoms with Crippen LogP contribution >= 0.6 is 0 Å². The van der Waals surface area contributed by atoms with Crippen molar-refractivity contribution in [1.82, 2.24) is 19.8 Å². The minimum absolute atomic E-state index is 0.266. The number of anilines is 1. The van der Waals surface area contributed by atoms with Crippen LogP contribution in [0.5, 0.6) is 0 Å². The number of nitrogens with zero attached hydrogens (tertiary/aromatic N) is 3. The number of carbonyl (C=O) groups is 1. The quantitative estimate of drug-likeness (QED) is 0.551. The first-order valence-electron chi connectivity index (χ1n) is 8.53. The van der Waals surface area contributed by atoms with E-state index in [2.05, 4.69) is 20.6 Å². The van der Waals surface area contributed by atoms with Crippen molar-refractivity contribution in [2.75, 3.05) is 5.32 Å². The maximum absolute atomic E-state index is 14.5. The van der Waals surface area contributed by atoms with E-state index in [1.807, 2.05) is 18.3 Å². The van der Waals surface area contributed by atoms with Gasteiger partial charge >= 0.3 is 0 Å². The molecule has 0 spiro atoms. The molecular formula is C19H16FN5O. The number of fused-ring (bicyclic) bond motifs is 2. The third-order valence-corrected chi connectivity index (χ3v) is 5.01. The average molecular weight is 349 g/mol. The van der Waals surface area contributed by atoms with Crippen LogP contribution in [0.25, 0.3) is 27.5 Å². The van der Waals surface area contributed by atoms with Gasteiger partial charge in [-0.2, -0.15) is 10.2 Å². The van der Waals surface area contributed by atoms with Gasteiger partial charge in [0.05, 0.1) is 11.0 Å². The Morgan fingerprint density at radius 1 is 1.35 bits per heavy atom. The molecular weight excluding hydrogens is 333 g/mol. The fraction of sp³-hybridized carbons (Fsp3) is 0.211. The maximum atomic E-state index is 14.5. The Morgan fingerprint density at radius 3 is 2.96 bits per heavy atom. The lowest BCUT2D eigenvalue weighted by molar-refractivity contribution is -0.105. The van der Waals surface area contributed by atoms with Crippen LogP contribution in [0.4, 0.5) is 10.2 Å². The lowest BCUT2D eigenvalue weighted by Gasteiger charge is -2.11. The second-order valence-electron chi connectivity index (χ2n) is 6.74. The summed E-state index contributed by atoms with van der Waals surface area (Å²) in [5.41, 5.74) is 4.94. The van der Waals surface area contributed by atoms with E-state index in [9.17, 15) is 9.18 Å². The van der Waals surface area contributed by atoms with Gasteiger partial charge in [-0.3, -0.25) is 9.89 Å². The van der Waals surface area contributed by atoms with Crippen molar-refractivity contribution < 1.29 is 9.18 Å². The Kier molecular flexibility index (Phi) is 3.12. The highest BCUT2D eigenvalue weighted by Gasteiger charge is 2.29. The summed E-state index contributed by atoms with van der Waals surface area (Å²) in [4.78, 5) is 10.6. The van der Waals surface area contributed by atoms with Crippen molar-refractivity contribution in [3.05, 3.63) is 47.5 Å². The number of aromatic nitrogens is 4. The number of nitrogens with one attached hydrogen (secondary N) is 2. The van der Waals surface area contributed by atoms with Crippen LogP contribution in [0.2, 0.25) is 0 Å². The van der Waals surface area contributed by atoms with E-state index < -0.39 is 0 Å². The van der Waals surface area contributed by atoms with Gasteiger partial charge in [0.15, 0.2) is 5.82 Å². The zero-order chi connectivity index (χ0) is 17.8. The molecule has 7 heteroatoms. The summed E-state index contributed by atoms with van der Waals surface area (Å²) < 4.78 is 16.2. The molecule has 1 fully saturated rings. The molecule has 130 valence electrons. The van der Waals surface area contributed by atoms with Crippen LogP contribution in [0, 0.1) is 12.7 Å². The standard InChI is InChI=1S/C19H16FN5O/c1-10-14(20)8-15-18(19(23-22-15)11-2-3-11)17(10)12-4-5-25-13(6-12)7-16(24-25)21-9-26/h4-9,11H,2-3H2,1H3,(H,22,23)(H,21,24,26). The second-order valence-corrected chi connectivity index (χ2v) is 6.74. The largest absolute Gasteiger partial charge is 0.312 e. The molecule has 26 heavy (non-hydrogen) atoms. The lowest BCUT2D eigenvalue weighted by atomic mass is 9.94. The average Bonchev–Trinajstić information content (AvgIpc) is 3.26. The summed E-state index contributed by atoms with van der Waals surface area (Å²) in [6.45, 7) is 1.80. The van der Waals surface area contributed by atoms with Crippen LogP contribution in [-0.4, -0.2) is 26.2 Å². The number of aromatic amines is 1. The van der Waals surface area contributed by atoms with E-state index >= 15 is 0 Å². The Labute approximate surface area is 148 Å². The molecule has 0 aliphatic heterocycles. The van der Waals surface area contributed by atoms with Crippen LogP contribution in [-0.2, 0) is 4.79 Å². The van der Waals surface area contributed by atoms with Crippen LogP contribution in [0.15, 0.2) is 30.5 Å². The van der Waals surface area contributed by atoms with Gasteiger partial charge in [0.25, 0.3) is 0 Å². The first-order valence-corrected chi connectivity index (χ1v) is 8.53. The Balaban J connectivity index is 1.77. The highest BCUT2D eigenvalue weighted by Crippen LogP contribution is 2.45. The van der Waals surface area contributed by atoms with Crippen molar-refractivity contribution in [2.45, 2.75) is 25.7 Å². The van der Waals surface area contributed by atoms with Crippen molar-refractivity contribution in [3.63, 3.8) is 0 Å². The number of hydrogen-bond acceptors (Lipinski definition) is 3. The van der Waals surface area contributed by atoms with Gasteiger partial charge < -0.3 is 5.32 Å². The molecule has 3 aromatic heterocycles. The van der Waals surface area contributed by atoms with Crippen molar-refractivity contribution >= 4 is 28.6 Å². The van der Waals surface area contributed by atoms with Gasteiger partial charge in [-0.15, -0.1) is 0 Å². The number of halogens is 1. The molecule has 1 saturated carbocycles. The molecule has 0 bridgehead atoms. The monoisotopic (exact) mass is 349 g/mol. The highest BCUT2D eigenvalue weighted by molar-refractivity contribution is 5.99. The second kappa shape index (κ2) is 5.39. The number of H-pyrrole nitrogens is 1. The van der Waals surface area contributed by atoms with Crippen LogP contribution in [0.3, 0.4) is 0 Å². The molecule has 5 rings (SSSR count). The smallest absolute Gasteiger partial charge is 0.212 e. The van der Waals surface area contributed by atoms with Crippen LogP contribution in [0.1, 0.15) is 30.0 Å². The predicted octanol–water partition coefficient (Wildman–Crippen LogP) is 3.77. The third-order valence-electron chi connectivity index (χ3n) is 5.01. The molecule has 2 N–H and O–H groups in total. The molecule has 0 saturated heterocycles. The van der Waals surface area contributed by atoms with E-state index in [1.54, 1.807) is 17.5 Å². The lowest BCUT2D eigenvalue weighted by Crippen LogP contribution is -1.95. The Morgan fingerprint density at radius 2 is 2.19 bits per heavy atom. The first-order chi connectivity index (χ1) is 12.7. The van der Waals surface area contributed by atoms with Gasteiger partial charge in [-0.1, -0.05) is 0 Å². The maximum Gasteiger partial charge on any atom is 0.212 e. The molecule has 1 aliphatic carbocycles. The molecule has 0 unspecified atom stereocenters. The number of rotatable bonds is 4. The van der Waals surface area contributed by atoms with Crippen molar-refractivity contribution in [3.8, 4) is 11.1 Å². The molecule has 1 amide bonds. The number of amides is 1. The van der Waals surface area contributed by atoms with Gasteiger partial charge in [0.1, 0.15) is 5.82 Å². The molecule has 1 aliphatic rings. The molecule has 0 atom stereocenters. The first kappa shape index (κ1) is 15.1. The van der Waals surface area contributed by atoms with Crippen LogP contribution < -0.4 is 5.32 Å². The number of pyridine rings is 1. The Bertz CT molecular complexity index is 1170. The normalized spacial score (nSPS) is 14.2. The molecule has 0 radical (unpaired) electrons. The number of hydrogen-bond donors (Lipinski definition) is 2. The summed E-state index contributed by atoms with van der Waals surface area (Å²) in [7, 11) is 0. The summed E-state index contributed by atoms with van der Waals surface area (Å²) in [6.07, 6.45) is 4.68. The predicted molar refractivity (Wildman–Crippen MR) is 96.6 cm³/mol. The zero-order valence-electron chi connectivity index (χ0n) is 14.1. The molecule has 6 nitrogen and oxygen atoms in total. The molecule has 3 heterocycles. The minimum atomic E-state index is -0.266. The Hall–Kier alpha value is -3.22. The summed E-state index contributed by atoms with van der Waals surface area (Å²) in [5, 5.41) is 15.3. The third kappa shape index (κ3) is 2.20. The number of carbonyl (C=O) groups excluding carboxylic acids is 1. The molecule has 1 aromatic carbocycles. The fourth-order valence-corrected chi connectivity index (χ4v) is 3.58. The summed E-state index contributed by atoms with van der Waals surface area (Å²) in [6, 6.07) is 7.14. The van der Waals surface area contributed by atoms with Gasteiger partial charge in [0.2, 0.25) is 6.41 Å². The fourth-order valence-electron chi connectivity index (χ4n) is 3.58. The van der Waals surface area contributed by atoms with E-state index in [0.29, 0.717) is 29.2 Å². The van der Waals surface area contributed by atoms with Crippen molar-refractivity contribution in [2.24, 2.45) is 0 Å². The summed E-state index contributed by atoms with van der Waals surface area (Å²) in [5.74, 6) is 0.684. The van der Waals surface area contributed by atoms with Gasteiger partial charge in [0, 0.05) is 35.3 Å². The van der Waals surface area contributed by atoms with Crippen molar-refractivity contribution in [1.29, 1.82) is 0 Å². The van der Waals surface area contributed by atoms with E-state index in [4.69, 9.17) is 0 Å². The van der Waals surface area contributed by atoms with E-state index in [0.717, 1.165) is 40.6 Å². The molecule has 4 aromatic rings. The minimum Gasteiger partial charge on any atom is -0.312 e. The van der Waals surface area contributed by atoms with E-state index in [1.165, 1.54) is 6.07 Å². The topological polar surface area (TPSA) is 75.1 Å². The SMILES string of the molecule is Cc1c(F)cc2n[nH]c(C3CC3)c2c1-c1ccn2nc(NC=O)cc2c1. The zero-order valence-corrected chi connectivity index (χ0v) is 14.1. The summed E-state index contributed by atoms with van der Waals surface area (Å²) >= 11 is 0. The number of benzene rings is 1. The van der Waals surface area contributed by atoms with Gasteiger partial charge in [-0.25, -0.2) is 8.91 Å². The van der Waals surface area contributed by atoms with Gasteiger partial charge in [-0.05, 0) is 48.6 Å². The van der Waals surface area contributed by atoms with E-state index in [-0.39, 0.29) is 5.82 Å². The highest BCUT2D eigenvalue weighted by atomic mass is 19.1.